The number of hydrogen-bond donors (Lipinski definition) is 1. The Balaban J connectivity index is 1.63. The summed E-state index contributed by atoms with van der Waals surface area (Å²) < 4.78 is 47.7. The molecule has 0 spiro atoms. The van der Waals surface area contributed by atoms with Crippen molar-refractivity contribution in [1.82, 2.24) is 4.68 Å². The zero-order valence-electron chi connectivity index (χ0n) is 17.3. The van der Waals surface area contributed by atoms with Gasteiger partial charge in [0, 0.05) is 17.0 Å². The van der Waals surface area contributed by atoms with Gasteiger partial charge in [-0.05, 0) is 48.0 Å². The number of hydrogen-bond acceptors (Lipinski definition) is 5. The van der Waals surface area contributed by atoms with E-state index < -0.39 is 11.6 Å². The van der Waals surface area contributed by atoms with Gasteiger partial charge in [0.1, 0.15) is 23.1 Å². The van der Waals surface area contributed by atoms with Crippen molar-refractivity contribution in [3.8, 4) is 17.0 Å². The van der Waals surface area contributed by atoms with Crippen LogP contribution in [0.4, 0.5) is 24.5 Å². The summed E-state index contributed by atoms with van der Waals surface area (Å²) >= 11 is 1.20. The van der Waals surface area contributed by atoms with E-state index in [9.17, 15) is 18.0 Å². The second kappa shape index (κ2) is 8.99. The summed E-state index contributed by atoms with van der Waals surface area (Å²) in [5.74, 6) is -1.61. The van der Waals surface area contributed by atoms with Gasteiger partial charge in [0.05, 0.1) is 17.6 Å². The zero-order valence-corrected chi connectivity index (χ0v) is 18.2. The molecule has 0 atom stereocenters. The van der Waals surface area contributed by atoms with Gasteiger partial charge in [-0.2, -0.15) is 5.10 Å². The molecule has 1 aliphatic heterocycles. The van der Waals surface area contributed by atoms with Gasteiger partial charge in [-0.15, -0.1) is 11.3 Å². The maximum atomic E-state index is 14.2. The van der Waals surface area contributed by atoms with Crippen molar-refractivity contribution in [3.63, 3.8) is 0 Å². The largest absolute Gasteiger partial charge is 0.482 e. The van der Waals surface area contributed by atoms with Gasteiger partial charge in [0.15, 0.2) is 12.4 Å². The highest BCUT2D eigenvalue weighted by Crippen LogP contribution is 2.33. The molecule has 1 aliphatic rings. The molecular formula is C24H15F3N4O2S. The Hall–Kier alpha value is -4.18. The van der Waals surface area contributed by atoms with Crippen molar-refractivity contribution < 1.29 is 22.7 Å². The molecule has 0 unspecified atom stereocenters. The van der Waals surface area contributed by atoms with Crippen molar-refractivity contribution in [2.45, 2.75) is 0 Å². The number of fused-ring (bicyclic) bond motifs is 1. The summed E-state index contributed by atoms with van der Waals surface area (Å²) in [5, 5.41) is 9.02. The van der Waals surface area contributed by atoms with Crippen LogP contribution in [-0.2, 0) is 4.79 Å². The van der Waals surface area contributed by atoms with E-state index in [1.165, 1.54) is 40.4 Å². The Morgan fingerprint density at radius 1 is 1.00 bits per heavy atom. The van der Waals surface area contributed by atoms with Crippen molar-refractivity contribution in [2.24, 2.45) is 10.1 Å². The Bertz CT molecular complexity index is 1490. The van der Waals surface area contributed by atoms with Crippen molar-refractivity contribution in [1.29, 1.82) is 0 Å². The van der Waals surface area contributed by atoms with Crippen LogP contribution in [0.5, 0.6) is 5.75 Å². The molecule has 2 heterocycles. The smallest absolute Gasteiger partial charge is 0.262 e. The number of carbonyl (C=O) groups is 1. The normalized spacial score (nSPS) is 13.6. The molecule has 0 aliphatic carbocycles. The van der Waals surface area contributed by atoms with Gasteiger partial charge < -0.3 is 10.1 Å². The minimum absolute atomic E-state index is 0.0494. The molecule has 3 aromatic carbocycles. The van der Waals surface area contributed by atoms with E-state index in [4.69, 9.17) is 4.74 Å². The lowest BCUT2D eigenvalue weighted by molar-refractivity contribution is -0.118. The van der Waals surface area contributed by atoms with Crippen LogP contribution in [0.3, 0.4) is 0 Å². The first-order valence-electron chi connectivity index (χ1n) is 10.0. The first-order valence-corrected chi connectivity index (χ1v) is 10.9. The molecule has 170 valence electrons. The van der Waals surface area contributed by atoms with Crippen molar-refractivity contribution in [3.05, 3.63) is 93.9 Å². The Morgan fingerprint density at radius 3 is 2.59 bits per heavy atom. The van der Waals surface area contributed by atoms with Crippen LogP contribution in [0.2, 0.25) is 0 Å². The van der Waals surface area contributed by atoms with Crippen LogP contribution in [0, 0.1) is 17.5 Å². The standard InChI is InChI=1S/C24H15F3N4O2S/c25-16-4-1-14(2-5-16)11-28-31-21(15-3-8-22-20(9-15)29-23(32)12-33-22)13-34-24(31)30-19-7-6-17(26)10-18(19)27/h1-11,13H,12H2,(H,29,32). The summed E-state index contributed by atoms with van der Waals surface area (Å²) in [6.07, 6.45) is 1.51. The van der Waals surface area contributed by atoms with Crippen LogP contribution in [-0.4, -0.2) is 23.4 Å². The maximum absolute atomic E-state index is 14.2. The molecule has 1 amide bonds. The fraction of sp³-hybridized carbons (Fsp3) is 0.0417. The third-order valence-electron chi connectivity index (χ3n) is 4.91. The monoisotopic (exact) mass is 480 g/mol. The van der Waals surface area contributed by atoms with E-state index in [1.807, 2.05) is 0 Å². The number of amides is 1. The SMILES string of the molecule is O=C1COc2ccc(-c3csc(=Nc4ccc(F)cc4F)n3N=Cc3ccc(F)cc3)cc2N1. The minimum atomic E-state index is -0.808. The number of anilines is 1. The van der Waals surface area contributed by atoms with Crippen LogP contribution in [0.25, 0.3) is 11.3 Å². The van der Waals surface area contributed by atoms with Crippen LogP contribution in [0.1, 0.15) is 5.56 Å². The van der Waals surface area contributed by atoms with Crippen molar-refractivity contribution in [2.75, 3.05) is 11.9 Å². The summed E-state index contributed by atoms with van der Waals surface area (Å²) in [6.45, 7) is -0.0565. The second-order valence-electron chi connectivity index (χ2n) is 7.27. The molecule has 1 aromatic heterocycles. The van der Waals surface area contributed by atoms with Crippen LogP contribution in [0.15, 0.2) is 76.1 Å². The zero-order chi connectivity index (χ0) is 23.7. The summed E-state index contributed by atoms with van der Waals surface area (Å²) in [4.78, 5) is 16.4. The van der Waals surface area contributed by atoms with E-state index in [1.54, 1.807) is 35.7 Å². The molecule has 10 heteroatoms. The molecule has 0 bridgehead atoms. The van der Waals surface area contributed by atoms with Crippen LogP contribution < -0.4 is 14.9 Å². The third kappa shape index (κ3) is 4.48. The molecule has 34 heavy (non-hydrogen) atoms. The molecule has 4 aromatic rings. The highest BCUT2D eigenvalue weighted by molar-refractivity contribution is 7.07. The van der Waals surface area contributed by atoms with Gasteiger partial charge in [-0.3, -0.25) is 4.79 Å². The molecule has 1 N–H and O–H groups in total. The average Bonchev–Trinajstić information content (AvgIpc) is 3.22. The number of carbonyl (C=O) groups excluding carboxylic acids is 1. The molecule has 5 rings (SSSR count). The molecule has 6 nitrogen and oxygen atoms in total. The number of nitrogens with one attached hydrogen (secondary N) is 1. The topological polar surface area (TPSA) is 68.0 Å². The highest BCUT2D eigenvalue weighted by Gasteiger charge is 2.18. The molecular weight excluding hydrogens is 465 g/mol. The summed E-state index contributed by atoms with van der Waals surface area (Å²) in [5.41, 5.74) is 2.39. The van der Waals surface area contributed by atoms with E-state index in [-0.39, 0.29) is 24.0 Å². The fourth-order valence-electron chi connectivity index (χ4n) is 3.28. The predicted octanol–water partition coefficient (Wildman–Crippen LogP) is 5.08. The van der Waals surface area contributed by atoms with Gasteiger partial charge >= 0.3 is 0 Å². The Kier molecular flexibility index (Phi) is 5.72. The highest BCUT2D eigenvalue weighted by atomic mass is 32.1. The van der Waals surface area contributed by atoms with E-state index in [0.717, 1.165) is 12.1 Å². The van der Waals surface area contributed by atoms with Gasteiger partial charge in [0.2, 0.25) is 4.80 Å². The molecule has 0 radical (unpaired) electrons. The quantitative estimate of drug-likeness (QED) is 0.414. The lowest BCUT2D eigenvalue weighted by Gasteiger charge is -2.18. The van der Waals surface area contributed by atoms with Gasteiger partial charge in [-0.1, -0.05) is 12.1 Å². The number of thiazole rings is 1. The number of nitrogens with zero attached hydrogens (tertiary/aromatic N) is 3. The summed E-state index contributed by atoms with van der Waals surface area (Å²) in [7, 11) is 0. The van der Waals surface area contributed by atoms with Crippen LogP contribution >= 0.6 is 11.3 Å². The molecule has 0 fully saturated rings. The third-order valence-corrected chi connectivity index (χ3v) is 5.73. The van der Waals surface area contributed by atoms with E-state index >= 15 is 0 Å². The van der Waals surface area contributed by atoms with Crippen molar-refractivity contribution >= 4 is 34.8 Å². The maximum Gasteiger partial charge on any atom is 0.262 e. The predicted molar refractivity (Wildman–Crippen MR) is 123 cm³/mol. The fourth-order valence-corrected chi connectivity index (χ4v) is 4.13. The Morgan fingerprint density at radius 2 is 1.79 bits per heavy atom. The molecule has 0 saturated carbocycles. The second-order valence-corrected chi connectivity index (χ2v) is 8.10. The molecule has 0 saturated heterocycles. The van der Waals surface area contributed by atoms with E-state index in [2.05, 4.69) is 15.4 Å². The summed E-state index contributed by atoms with van der Waals surface area (Å²) in [6, 6.07) is 14.1. The van der Waals surface area contributed by atoms with Gasteiger partial charge in [0.25, 0.3) is 5.91 Å². The Labute approximate surface area is 195 Å². The average molecular weight is 480 g/mol. The first kappa shape index (κ1) is 21.7. The van der Waals surface area contributed by atoms with E-state index in [0.29, 0.717) is 33.1 Å². The number of ether oxygens (including phenoxy) is 1. The number of halogens is 3. The number of rotatable bonds is 4. The lowest BCUT2D eigenvalue weighted by atomic mass is 10.1. The van der Waals surface area contributed by atoms with Gasteiger partial charge in [-0.25, -0.2) is 22.8 Å². The first-order chi connectivity index (χ1) is 16.5. The number of aromatic nitrogens is 1. The lowest BCUT2D eigenvalue weighted by Crippen LogP contribution is -2.25. The number of benzene rings is 3. The minimum Gasteiger partial charge on any atom is -0.482 e.